The van der Waals surface area contributed by atoms with Crippen molar-refractivity contribution in [2.75, 3.05) is 11.9 Å². The molecule has 1 aliphatic carbocycles. The largest absolute Gasteiger partial charge is 0.507 e. The lowest BCUT2D eigenvalue weighted by Crippen LogP contribution is -2.43. The molecule has 0 aromatic heterocycles. The van der Waals surface area contributed by atoms with Gasteiger partial charge in [0.05, 0.1) is 5.56 Å². The van der Waals surface area contributed by atoms with Crippen LogP contribution in [0.1, 0.15) is 23.2 Å². The van der Waals surface area contributed by atoms with E-state index < -0.39 is 11.8 Å². The fourth-order valence-electron chi connectivity index (χ4n) is 2.32. The molecule has 146 valence electrons. The lowest BCUT2D eigenvalue weighted by atomic mass is 10.2. The predicted octanol–water partition coefficient (Wildman–Crippen LogP) is 2.23. The van der Waals surface area contributed by atoms with E-state index in [0.717, 1.165) is 12.8 Å². The number of phenols is 1. The van der Waals surface area contributed by atoms with Crippen LogP contribution >= 0.6 is 11.6 Å². The minimum absolute atomic E-state index is 0.0260. The van der Waals surface area contributed by atoms with Gasteiger partial charge >= 0.3 is 0 Å². The van der Waals surface area contributed by atoms with Gasteiger partial charge in [-0.15, -0.1) is 0 Å². The molecule has 0 saturated heterocycles. The Labute approximate surface area is 165 Å². The van der Waals surface area contributed by atoms with Gasteiger partial charge in [0.2, 0.25) is 5.91 Å². The van der Waals surface area contributed by atoms with Crippen LogP contribution in [0.15, 0.2) is 42.5 Å². The second-order valence-corrected chi connectivity index (χ2v) is 6.68. The SMILES string of the molecule is O=C(COc1cccc(NC(=O)C2CC2)c1)NNC(=O)c1cc(Cl)ccc1O. The van der Waals surface area contributed by atoms with Crippen LogP contribution in [0.5, 0.6) is 11.5 Å². The smallest absolute Gasteiger partial charge is 0.276 e. The lowest BCUT2D eigenvalue weighted by Gasteiger charge is -2.11. The number of rotatable bonds is 6. The fourth-order valence-corrected chi connectivity index (χ4v) is 2.49. The molecule has 9 heteroatoms. The van der Waals surface area contributed by atoms with Gasteiger partial charge in [0.25, 0.3) is 11.8 Å². The first-order valence-corrected chi connectivity index (χ1v) is 8.91. The van der Waals surface area contributed by atoms with Crippen LogP contribution in [0.2, 0.25) is 5.02 Å². The van der Waals surface area contributed by atoms with Crippen molar-refractivity contribution in [3.63, 3.8) is 0 Å². The Balaban J connectivity index is 1.47. The number of amides is 3. The Hall–Kier alpha value is -3.26. The van der Waals surface area contributed by atoms with E-state index in [4.69, 9.17) is 16.3 Å². The van der Waals surface area contributed by atoms with Gasteiger partial charge < -0.3 is 15.2 Å². The number of benzene rings is 2. The highest BCUT2D eigenvalue weighted by atomic mass is 35.5. The van der Waals surface area contributed by atoms with Crippen molar-refractivity contribution >= 4 is 35.0 Å². The fraction of sp³-hybridized carbons (Fsp3) is 0.211. The Morgan fingerprint density at radius 3 is 2.64 bits per heavy atom. The van der Waals surface area contributed by atoms with Crippen molar-refractivity contribution in [2.24, 2.45) is 5.92 Å². The second kappa shape index (κ2) is 8.62. The van der Waals surface area contributed by atoms with Gasteiger partial charge in [0.1, 0.15) is 11.5 Å². The zero-order valence-corrected chi connectivity index (χ0v) is 15.5. The van der Waals surface area contributed by atoms with Gasteiger partial charge in [0.15, 0.2) is 6.61 Å². The molecule has 0 aliphatic heterocycles. The number of anilines is 1. The molecule has 3 amide bonds. The predicted molar refractivity (Wildman–Crippen MR) is 102 cm³/mol. The number of aromatic hydroxyl groups is 1. The van der Waals surface area contributed by atoms with Crippen LogP contribution < -0.4 is 20.9 Å². The zero-order chi connectivity index (χ0) is 20.1. The number of ether oxygens (including phenoxy) is 1. The van der Waals surface area contributed by atoms with Gasteiger partial charge in [0, 0.05) is 22.7 Å². The summed E-state index contributed by atoms with van der Waals surface area (Å²) in [6, 6.07) is 10.7. The van der Waals surface area contributed by atoms with Gasteiger partial charge in [-0.05, 0) is 43.2 Å². The third kappa shape index (κ3) is 5.37. The van der Waals surface area contributed by atoms with E-state index in [9.17, 15) is 19.5 Å². The van der Waals surface area contributed by atoms with E-state index in [1.54, 1.807) is 24.3 Å². The van der Waals surface area contributed by atoms with E-state index in [0.29, 0.717) is 11.4 Å². The molecular weight excluding hydrogens is 386 g/mol. The molecule has 0 atom stereocenters. The van der Waals surface area contributed by atoms with Gasteiger partial charge in [-0.1, -0.05) is 17.7 Å². The summed E-state index contributed by atoms with van der Waals surface area (Å²) in [7, 11) is 0. The van der Waals surface area contributed by atoms with Crippen molar-refractivity contribution in [1.82, 2.24) is 10.9 Å². The van der Waals surface area contributed by atoms with Crippen molar-refractivity contribution in [3.8, 4) is 11.5 Å². The van der Waals surface area contributed by atoms with Crippen molar-refractivity contribution in [2.45, 2.75) is 12.8 Å². The quantitative estimate of drug-likeness (QED) is 0.552. The molecule has 0 radical (unpaired) electrons. The summed E-state index contributed by atoms with van der Waals surface area (Å²) in [6.45, 7) is -0.359. The first kappa shape index (κ1) is 19.5. The molecule has 8 nitrogen and oxygen atoms in total. The van der Waals surface area contributed by atoms with Crippen LogP contribution in [0.25, 0.3) is 0 Å². The molecule has 1 fully saturated rings. The number of carbonyl (C=O) groups is 3. The summed E-state index contributed by atoms with van der Waals surface area (Å²) in [5.74, 6) is -1.15. The van der Waals surface area contributed by atoms with E-state index >= 15 is 0 Å². The minimum Gasteiger partial charge on any atom is -0.507 e. The first-order valence-electron chi connectivity index (χ1n) is 8.54. The maximum atomic E-state index is 12.0. The van der Waals surface area contributed by atoms with Crippen LogP contribution in [-0.2, 0) is 9.59 Å². The average molecular weight is 404 g/mol. The van der Waals surface area contributed by atoms with Crippen LogP contribution in [0.4, 0.5) is 5.69 Å². The van der Waals surface area contributed by atoms with Crippen molar-refractivity contribution < 1.29 is 24.2 Å². The van der Waals surface area contributed by atoms with Crippen LogP contribution in [-0.4, -0.2) is 29.4 Å². The molecule has 3 rings (SSSR count). The molecule has 28 heavy (non-hydrogen) atoms. The Morgan fingerprint density at radius 1 is 1.11 bits per heavy atom. The topological polar surface area (TPSA) is 117 Å². The summed E-state index contributed by atoms with van der Waals surface area (Å²) in [5, 5.41) is 12.7. The maximum absolute atomic E-state index is 12.0. The summed E-state index contributed by atoms with van der Waals surface area (Å²) in [6.07, 6.45) is 1.81. The molecule has 4 N–H and O–H groups in total. The van der Waals surface area contributed by atoms with E-state index in [2.05, 4.69) is 16.2 Å². The number of hydrogen-bond donors (Lipinski definition) is 4. The van der Waals surface area contributed by atoms with Crippen molar-refractivity contribution in [3.05, 3.63) is 53.1 Å². The molecule has 0 heterocycles. The average Bonchev–Trinajstić information content (AvgIpc) is 3.52. The Morgan fingerprint density at radius 2 is 1.89 bits per heavy atom. The van der Waals surface area contributed by atoms with Gasteiger partial charge in [-0.2, -0.15) is 0 Å². The van der Waals surface area contributed by atoms with E-state index in [-0.39, 0.29) is 34.8 Å². The molecule has 2 aromatic carbocycles. The maximum Gasteiger partial charge on any atom is 0.276 e. The lowest BCUT2D eigenvalue weighted by molar-refractivity contribution is -0.123. The number of nitrogens with one attached hydrogen (secondary N) is 3. The summed E-state index contributed by atoms with van der Waals surface area (Å²) in [5.41, 5.74) is 4.85. The molecule has 0 spiro atoms. The van der Waals surface area contributed by atoms with Gasteiger partial charge in [-0.25, -0.2) is 0 Å². The molecule has 1 saturated carbocycles. The third-order valence-electron chi connectivity index (χ3n) is 3.94. The third-order valence-corrected chi connectivity index (χ3v) is 4.17. The molecule has 0 unspecified atom stereocenters. The highest BCUT2D eigenvalue weighted by molar-refractivity contribution is 6.31. The highest BCUT2D eigenvalue weighted by Crippen LogP contribution is 2.30. The molecule has 2 aromatic rings. The van der Waals surface area contributed by atoms with Gasteiger partial charge in [-0.3, -0.25) is 25.2 Å². The monoisotopic (exact) mass is 403 g/mol. The summed E-state index contributed by atoms with van der Waals surface area (Å²) >= 11 is 5.78. The standard InChI is InChI=1S/C19H18ClN3O5/c20-12-6-7-16(24)15(8-12)19(27)23-22-17(25)10-28-14-3-1-2-13(9-14)21-18(26)11-4-5-11/h1-3,6-9,11,24H,4-5,10H2,(H,21,26)(H,22,25)(H,23,27). The normalized spacial score (nSPS) is 12.8. The van der Waals surface area contributed by atoms with E-state index in [1.165, 1.54) is 18.2 Å². The molecular formula is C19H18ClN3O5. The summed E-state index contributed by atoms with van der Waals surface area (Å²) < 4.78 is 5.36. The minimum atomic E-state index is -0.724. The van der Waals surface area contributed by atoms with E-state index in [1.807, 2.05) is 0 Å². The number of halogens is 1. The number of hydrogen-bond acceptors (Lipinski definition) is 5. The highest BCUT2D eigenvalue weighted by Gasteiger charge is 2.29. The first-order chi connectivity index (χ1) is 13.4. The number of phenolic OH excluding ortho intramolecular Hbond substituents is 1. The zero-order valence-electron chi connectivity index (χ0n) is 14.7. The Bertz CT molecular complexity index is 914. The summed E-state index contributed by atoms with van der Waals surface area (Å²) in [4.78, 5) is 35.6. The van der Waals surface area contributed by atoms with Crippen LogP contribution in [0, 0.1) is 5.92 Å². The van der Waals surface area contributed by atoms with Crippen LogP contribution in [0.3, 0.4) is 0 Å². The van der Waals surface area contributed by atoms with Crippen molar-refractivity contribution in [1.29, 1.82) is 0 Å². The number of carbonyl (C=O) groups excluding carboxylic acids is 3. The second-order valence-electron chi connectivity index (χ2n) is 6.24. The number of hydrazine groups is 1. The molecule has 1 aliphatic rings. The Kier molecular flexibility index (Phi) is 6.00. The molecule has 0 bridgehead atoms.